The Morgan fingerprint density at radius 2 is 2.08 bits per heavy atom. The number of carboxylic acids is 1. The zero-order valence-electron chi connectivity index (χ0n) is 8.33. The molecule has 1 rings (SSSR count). The number of hydrogen-bond acceptors (Lipinski definition) is 2. The highest BCUT2D eigenvalue weighted by atomic mass is 16.4. The molecular formula is C10H16O3. The molecule has 0 aliphatic heterocycles. The molecule has 0 amide bonds. The Labute approximate surface area is 78.1 Å². The highest BCUT2D eigenvalue weighted by Crippen LogP contribution is 2.39. The topological polar surface area (TPSA) is 54.4 Å². The molecule has 1 saturated carbocycles. The highest BCUT2D eigenvalue weighted by molar-refractivity contribution is 5.99. The maximum absolute atomic E-state index is 11.5. The van der Waals surface area contributed by atoms with Crippen molar-refractivity contribution in [2.24, 2.45) is 17.3 Å². The lowest BCUT2D eigenvalue weighted by atomic mass is 9.67. The smallest absolute Gasteiger partial charge is 0.314 e. The van der Waals surface area contributed by atoms with E-state index in [1.165, 1.54) is 0 Å². The predicted molar refractivity (Wildman–Crippen MR) is 48.3 cm³/mol. The quantitative estimate of drug-likeness (QED) is 0.631. The molecule has 74 valence electrons. The molecule has 0 aromatic heterocycles. The lowest BCUT2D eigenvalue weighted by Crippen LogP contribution is -2.40. The number of Topliss-reactive ketones (excluding diaryl/α,β-unsaturated/α-hetero) is 1. The van der Waals surface area contributed by atoms with Crippen LogP contribution in [0.5, 0.6) is 0 Å². The molecule has 1 fully saturated rings. The number of ketones is 1. The summed E-state index contributed by atoms with van der Waals surface area (Å²) >= 11 is 0. The van der Waals surface area contributed by atoms with Crippen LogP contribution < -0.4 is 0 Å². The van der Waals surface area contributed by atoms with Crippen molar-refractivity contribution >= 4 is 11.8 Å². The lowest BCUT2D eigenvalue weighted by Gasteiger charge is -2.36. The maximum Gasteiger partial charge on any atom is 0.314 e. The first kappa shape index (κ1) is 10.2. The van der Waals surface area contributed by atoms with E-state index in [0.717, 1.165) is 6.42 Å². The summed E-state index contributed by atoms with van der Waals surface area (Å²) in [6, 6.07) is 0. The van der Waals surface area contributed by atoms with Crippen molar-refractivity contribution < 1.29 is 14.7 Å². The Bertz CT molecular complexity index is 243. The molecule has 1 aliphatic carbocycles. The summed E-state index contributed by atoms with van der Waals surface area (Å²) in [6.45, 7) is 5.87. The van der Waals surface area contributed by atoms with Crippen LogP contribution in [-0.2, 0) is 9.59 Å². The Kier molecular flexibility index (Phi) is 2.46. The SMILES string of the molecule is CC1CC(C)(C)CC(=O)C1C(=O)O. The Morgan fingerprint density at radius 3 is 2.46 bits per heavy atom. The molecule has 2 unspecified atom stereocenters. The van der Waals surface area contributed by atoms with E-state index in [1.807, 2.05) is 20.8 Å². The van der Waals surface area contributed by atoms with Crippen LogP contribution in [0.15, 0.2) is 0 Å². The molecule has 1 aliphatic rings. The molecule has 0 saturated heterocycles. The standard InChI is InChI=1S/C10H16O3/c1-6-4-10(2,3)5-7(11)8(6)9(12)13/h6,8H,4-5H2,1-3H3,(H,12,13). The van der Waals surface area contributed by atoms with Gasteiger partial charge in [-0.3, -0.25) is 9.59 Å². The molecular weight excluding hydrogens is 168 g/mol. The van der Waals surface area contributed by atoms with Gasteiger partial charge < -0.3 is 5.11 Å². The zero-order valence-corrected chi connectivity index (χ0v) is 8.33. The third kappa shape index (κ3) is 2.08. The van der Waals surface area contributed by atoms with E-state index in [1.54, 1.807) is 0 Å². The van der Waals surface area contributed by atoms with Crippen molar-refractivity contribution in [2.45, 2.75) is 33.6 Å². The van der Waals surface area contributed by atoms with E-state index in [2.05, 4.69) is 0 Å². The van der Waals surface area contributed by atoms with Crippen LogP contribution in [0.3, 0.4) is 0 Å². The summed E-state index contributed by atoms with van der Waals surface area (Å²) in [7, 11) is 0. The van der Waals surface area contributed by atoms with Gasteiger partial charge in [0, 0.05) is 6.42 Å². The normalized spacial score (nSPS) is 33.0. The minimum Gasteiger partial charge on any atom is -0.481 e. The van der Waals surface area contributed by atoms with Gasteiger partial charge in [-0.05, 0) is 17.8 Å². The van der Waals surface area contributed by atoms with Crippen molar-refractivity contribution in [3.63, 3.8) is 0 Å². The van der Waals surface area contributed by atoms with Crippen LogP contribution >= 0.6 is 0 Å². The van der Waals surface area contributed by atoms with Gasteiger partial charge >= 0.3 is 5.97 Å². The summed E-state index contributed by atoms with van der Waals surface area (Å²) in [4.78, 5) is 22.2. The minimum atomic E-state index is -0.965. The fourth-order valence-corrected chi connectivity index (χ4v) is 2.34. The third-order valence-electron chi connectivity index (χ3n) is 2.71. The van der Waals surface area contributed by atoms with E-state index in [0.29, 0.717) is 6.42 Å². The van der Waals surface area contributed by atoms with Gasteiger partial charge in [0.1, 0.15) is 11.7 Å². The van der Waals surface area contributed by atoms with Crippen LogP contribution in [0.25, 0.3) is 0 Å². The van der Waals surface area contributed by atoms with Gasteiger partial charge in [0.05, 0.1) is 0 Å². The molecule has 1 N–H and O–H groups in total. The minimum absolute atomic E-state index is 0.0253. The van der Waals surface area contributed by atoms with Crippen molar-refractivity contribution in [1.29, 1.82) is 0 Å². The second kappa shape index (κ2) is 3.13. The molecule has 0 bridgehead atoms. The first-order valence-corrected chi connectivity index (χ1v) is 4.59. The first-order chi connectivity index (χ1) is 5.83. The Hall–Kier alpha value is -0.860. The summed E-state index contributed by atoms with van der Waals surface area (Å²) in [5.74, 6) is -1.88. The molecule has 0 heterocycles. The summed E-state index contributed by atoms with van der Waals surface area (Å²) in [5.41, 5.74) is -0.0253. The van der Waals surface area contributed by atoms with E-state index >= 15 is 0 Å². The van der Waals surface area contributed by atoms with Gasteiger partial charge in [-0.1, -0.05) is 20.8 Å². The average molecular weight is 184 g/mol. The van der Waals surface area contributed by atoms with Crippen molar-refractivity contribution in [2.75, 3.05) is 0 Å². The molecule has 0 spiro atoms. The Balaban J connectivity index is 2.82. The second-order valence-corrected chi connectivity index (χ2v) is 4.80. The monoisotopic (exact) mass is 184 g/mol. The van der Waals surface area contributed by atoms with Crippen LogP contribution in [0, 0.1) is 17.3 Å². The molecule has 0 aromatic rings. The van der Waals surface area contributed by atoms with Gasteiger partial charge in [-0.2, -0.15) is 0 Å². The fourth-order valence-electron chi connectivity index (χ4n) is 2.34. The van der Waals surface area contributed by atoms with Crippen molar-refractivity contribution in [3.05, 3.63) is 0 Å². The van der Waals surface area contributed by atoms with Gasteiger partial charge in [0.2, 0.25) is 0 Å². The number of hydrogen-bond donors (Lipinski definition) is 1. The van der Waals surface area contributed by atoms with Gasteiger partial charge in [-0.15, -0.1) is 0 Å². The maximum atomic E-state index is 11.5. The predicted octanol–water partition coefficient (Wildman–Crippen LogP) is 1.71. The summed E-state index contributed by atoms with van der Waals surface area (Å²) < 4.78 is 0. The molecule has 13 heavy (non-hydrogen) atoms. The van der Waals surface area contributed by atoms with Crippen LogP contribution in [0.1, 0.15) is 33.6 Å². The number of carbonyl (C=O) groups is 2. The van der Waals surface area contributed by atoms with Gasteiger partial charge in [0.25, 0.3) is 0 Å². The zero-order chi connectivity index (χ0) is 10.2. The van der Waals surface area contributed by atoms with Crippen LogP contribution in [-0.4, -0.2) is 16.9 Å². The molecule has 2 atom stereocenters. The summed E-state index contributed by atoms with van der Waals surface area (Å²) in [6.07, 6.45) is 1.21. The number of carboxylic acid groups (broad SMARTS) is 1. The van der Waals surface area contributed by atoms with E-state index in [4.69, 9.17) is 5.11 Å². The van der Waals surface area contributed by atoms with Crippen molar-refractivity contribution in [3.8, 4) is 0 Å². The molecule has 0 aromatic carbocycles. The number of rotatable bonds is 1. The second-order valence-electron chi connectivity index (χ2n) is 4.80. The molecule has 0 radical (unpaired) electrons. The van der Waals surface area contributed by atoms with Gasteiger partial charge in [-0.25, -0.2) is 0 Å². The van der Waals surface area contributed by atoms with E-state index in [9.17, 15) is 9.59 Å². The van der Waals surface area contributed by atoms with E-state index in [-0.39, 0.29) is 17.1 Å². The average Bonchev–Trinajstić information content (AvgIpc) is 1.78. The van der Waals surface area contributed by atoms with Crippen LogP contribution in [0.2, 0.25) is 0 Å². The lowest BCUT2D eigenvalue weighted by molar-refractivity contribution is -0.151. The molecule has 3 nitrogen and oxygen atoms in total. The highest BCUT2D eigenvalue weighted by Gasteiger charge is 2.41. The Morgan fingerprint density at radius 1 is 1.54 bits per heavy atom. The number of carbonyl (C=O) groups excluding carboxylic acids is 1. The fraction of sp³-hybridized carbons (Fsp3) is 0.800. The number of aliphatic carboxylic acids is 1. The van der Waals surface area contributed by atoms with Gasteiger partial charge in [0.15, 0.2) is 0 Å². The molecule has 3 heteroatoms. The van der Waals surface area contributed by atoms with Crippen LogP contribution in [0.4, 0.5) is 0 Å². The van der Waals surface area contributed by atoms with E-state index < -0.39 is 11.9 Å². The summed E-state index contributed by atoms with van der Waals surface area (Å²) in [5, 5.41) is 8.83. The largest absolute Gasteiger partial charge is 0.481 e. The first-order valence-electron chi connectivity index (χ1n) is 4.59. The van der Waals surface area contributed by atoms with Crippen molar-refractivity contribution in [1.82, 2.24) is 0 Å². The third-order valence-corrected chi connectivity index (χ3v) is 2.71.